The lowest BCUT2D eigenvalue weighted by Crippen LogP contribution is -2.01. The molecule has 1 unspecified atom stereocenters. The molecule has 0 bridgehead atoms. The van der Waals surface area contributed by atoms with Gasteiger partial charge in [0.1, 0.15) is 17.2 Å². The normalized spacial score (nSPS) is 21.3. The molecule has 0 N–H and O–H groups in total. The van der Waals surface area contributed by atoms with E-state index in [2.05, 4.69) is 13.5 Å². The van der Waals surface area contributed by atoms with Gasteiger partial charge in [0.15, 0.2) is 0 Å². The Morgan fingerprint density at radius 1 is 0.500 bits per heavy atom. The number of hydrogen-bond donors (Lipinski definition) is 0. The van der Waals surface area contributed by atoms with Crippen LogP contribution in [0.5, 0.6) is 17.2 Å². The Labute approximate surface area is 189 Å². The van der Waals surface area contributed by atoms with Crippen molar-refractivity contribution in [2.45, 2.75) is 0 Å². The summed E-state index contributed by atoms with van der Waals surface area (Å²) in [6.07, 6.45) is 0. The van der Waals surface area contributed by atoms with Crippen molar-refractivity contribution in [2.75, 3.05) is 0 Å². The molecule has 1 heterocycles. The molecule has 6 nitrogen and oxygen atoms in total. The zero-order valence-electron chi connectivity index (χ0n) is 15.2. The monoisotopic (exact) mass is 519 g/mol. The van der Waals surface area contributed by atoms with Gasteiger partial charge in [-0.3, -0.25) is 0 Å². The number of rotatable bonds is 6. The van der Waals surface area contributed by atoms with Gasteiger partial charge in [-0.05, 0) is 70.1 Å². The lowest BCUT2D eigenvalue weighted by atomic mass is 10.3. The van der Waals surface area contributed by atoms with Crippen LogP contribution in [0.15, 0.2) is 105 Å². The first-order valence-corrected chi connectivity index (χ1v) is 16.2. The third kappa shape index (κ3) is 5.65. The van der Waals surface area contributed by atoms with Crippen molar-refractivity contribution in [2.24, 2.45) is 13.5 Å². The first kappa shape index (κ1) is 21.8. The second kappa shape index (κ2) is 9.01. The van der Waals surface area contributed by atoms with E-state index in [0.717, 1.165) is 0 Å². The highest BCUT2D eigenvalue weighted by atomic mass is 35.9. The molecule has 3 aromatic rings. The molecule has 156 valence electrons. The van der Waals surface area contributed by atoms with E-state index in [1.807, 2.05) is 42.5 Å². The van der Waals surface area contributed by atoms with Crippen molar-refractivity contribution >= 4 is 54.1 Å². The van der Waals surface area contributed by atoms with Crippen LogP contribution < -0.4 is 13.6 Å². The molecule has 1 aliphatic rings. The van der Waals surface area contributed by atoms with Crippen molar-refractivity contribution in [3.63, 3.8) is 0 Å². The fraction of sp³-hybridized carbons (Fsp3) is 0. The van der Waals surface area contributed by atoms with E-state index in [4.69, 9.17) is 47.3 Å². The lowest BCUT2D eigenvalue weighted by Gasteiger charge is -2.28. The average Bonchev–Trinajstić information content (AvgIpc) is 2.68. The first-order valence-electron chi connectivity index (χ1n) is 8.60. The van der Waals surface area contributed by atoms with Gasteiger partial charge in [-0.15, -0.1) is 9.03 Å². The average molecular weight is 521 g/mol. The van der Waals surface area contributed by atoms with Gasteiger partial charge in [0.05, 0.1) is 0 Å². The Morgan fingerprint density at radius 2 is 0.900 bits per heavy atom. The van der Waals surface area contributed by atoms with E-state index < -0.39 is 20.4 Å². The predicted molar refractivity (Wildman–Crippen MR) is 127 cm³/mol. The van der Waals surface area contributed by atoms with Crippen LogP contribution in [0.2, 0.25) is 0 Å². The molecule has 1 aliphatic heterocycles. The minimum Gasteiger partial charge on any atom is -0.431 e. The summed E-state index contributed by atoms with van der Waals surface area (Å²) < 4.78 is 31.4. The fourth-order valence-corrected chi connectivity index (χ4v) is 14.9. The molecule has 0 fully saturated rings. The summed E-state index contributed by atoms with van der Waals surface area (Å²) in [4.78, 5) is 0. The highest BCUT2D eigenvalue weighted by molar-refractivity contribution is 8.15. The third-order valence-corrected chi connectivity index (χ3v) is 14.1. The summed E-state index contributed by atoms with van der Waals surface area (Å²) in [5, 5.41) is 0. The van der Waals surface area contributed by atoms with Gasteiger partial charge in [0, 0.05) is 0 Å². The number of halogens is 3. The van der Waals surface area contributed by atoms with Crippen LogP contribution in [0.1, 0.15) is 0 Å². The van der Waals surface area contributed by atoms with Gasteiger partial charge in [-0.25, -0.2) is 0 Å². The Bertz CT molecular complexity index is 1140. The summed E-state index contributed by atoms with van der Waals surface area (Å²) in [6, 6.07) is 26.9. The maximum atomic E-state index is 6.73. The maximum absolute atomic E-state index is 6.73. The lowest BCUT2D eigenvalue weighted by molar-refractivity contribution is 0.477. The highest BCUT2D eigenvalue weighted by Gasteiger charge is 2.41. The number of benzene rings is 3. The highest BCUT2D eigenvalue weighted by Crippen LogP contribution is 2.83. The van der Waals surface area contributed by atoms with Gasteiger partial charge in [-0.1, -0.05) is 54.6 Å². The maximum Gasteiger partial charge on any atom is 0.455 e. The van der Waals surface area contributed by atoms with Gasteiger partial charge in [0.2, 0.25) is 0 Å². The molecule has 0 saturated heterocycles. The molecular formula is C18H15Cl3N3O3P3. The molecule has 0 saturated carbocycles. The van der Waals surface area contributed by atoms with Gasteiger partial charge >= 0.3 is 14.4 Å². The molecule has 1 atom stereocenters. The molecule has 0 aliphatic carbocycles. The molecule has 30 heavy (non-hydrogen) atoms. The van der Waals surface area contributed by atoms with Crippen LogP contribution in [0.4, 0.5) is 0 Å². The van der Waals surface area contributed by atoms with Gasteiger partial charge in [-0.2, -0.15) is 4.52 Å². The largest absolute Gasteiger partial charge is 0.455 e. The Balaban J connectivity index is 1.85. The molecule has 0 amide bonds. The number of hydrogen-bond acceptors (Lipinski definition) is 6. The second-order valence-corrected chi connectivity index (χ2v) is 16.1. The van der Waals surface area contributed by atoms with Crippen LogP contribution in [0.3, 0.4) is 0 Å². The van der Waals surface area contributed by atoms with Crippen molar-refractivity contribution < 1.29 is 13.6 Å². The van der Waals surface area contributed by atoms with E-state index in [-0.39, 0.29) is 0 Å². The minimum absolute atomic E-state index is 0.473. The quantitative estimate of drug-likeness (QED) is 0.304. The first-order chi connectivity index (χ1) is 14.4. The zero-order valence-corrected chi connectivity index (χ0v) is 20.2. The van der Waals surface area contributed by atoms with Crippen molar-refractivity contribution in [3.8, 4) is 17.2 Å². The Hall–Kier alpha value is -1.38. The van der Waals surface area contributed by atoms with Gasteiger partial charge in [0.25, 0.3) is 5.91 Å². The van der Waals surface area contributed by atoms with Crippen LogP contribution in [0, 0.1) is 0 Å². The van der Waals surface area contributed by atoms with E-state index in [9.17, 15) is 0 Å². The minimum atomic E-state index is -3.48. The second-order valence-electron chi connectivity index (χ2n) is 5.90. The zero-order chi connectivity index (χ0) is 21.1. The van der Waals surface area contributed by atoms with E-state index in [1.54, 1.807) is 48.5 Å². The van der Waals surface area contributed by atoms with Crippen LogP contribution in [0.25, 0.3) is 0 Å². The van der Waals surface area contributed by atoms with E-state index in [1.165, 1.54) is 0 Å². The molecule has 12 heteroatoms. The van der Waals surface area contributed by atoms with Crippen LogP contribution in [-0.4, -0.2) is 0 Å². The summed E-state index contributed by atoms with van der Waals surface area (Å²) >= 11 is 19.6. The molecule has 3 aromatic carbocycles. The van der Waals surface area contributed by atoms with Crippen molar-refractivity contribution in [1.29, 1.82) is 0 Å². The molecule has 0 radical (unpaired) electrons. The fourth-order valence-electron chi connectivity index (χ4n) is 2.44. The summed E-state index contributed by atoms with van der Waals surface area (Å²) in [5.74, 6) is -1.87. The summed E-state index contributed by atoms with van der Waals surface area (Å²) in [7, 11) is -3.48. The SMILES string of the molecule is ClP1(Cl)=NP(Oc2ccccc2)(Oc2ccccc2)=NP(Cl)(Oc2ccccc2)=N1. The predicted octanol–water partition coefficient (Wildman–Crippen LogP) is 9.79. The van der Waals surface area contributed by atoms with E-state index >= 15 is 0 Å². The summed E-state index contributed by atoms with van der Waals surface area (Å²) in [5.41, 5.74) is 0. The molecule has 0 aromatic heterocycles. The third-order valence-electron chi connectivity index (χ3n) is 3.56. The molecule has 4 rings (SSSR count). The Kier molecular flexibility index (Phi) is 6.55. The van der Waals surface area contributed by atoms with Crippen LogP contribution >= 0.6 is 54.1 Å². The topological polar surface area (TPSA) is 64.8 Å². The van der Waals surface area contributed by atoms with Crippen molar-refractivity contribution in [1.82, 2.24) is 0 Å². The van der Waals surface area contributed by atoms with Gasteiger partial charge < -0.3 is 13.6 Å². The van der Waals surface area contributed by atoms with E-state index in [0.29, 0.717) is 17.2 Å². The molecular weight excluding hydrogens is 505 g/mol. The molecule has 0 spiro atoms. The Morgan fingerprint density at radius 3 is 1.33 bits per heavy atom. The number of nitrogens with zero attached hydrogens (tertiary/aromatic N) is 3. The smallest absolute Gasteiger partial charge is 0.431 e. The number of para-hydroxylation sites is 3. The standard InChI is InChI=1S/C18H15Cl3N3O3P3/c19-28(20)22-29(21,25-16-10-4-1-5-11-16)24-30(23-28,26-17-12-6-2-7-13-17)27-18-14-8-3-9-15-18/h1-15H. The van der Waals surface area contributed by atoms with Crippen molar-refractivity contribution in [3.05, 3.63) is 91.0 Å². The summed E-state index contributed by atoms with van der Waals surface area (Å²) in [6.45, 7) is -3.39. The van der Waals surface area contributed by atoms with Crippen LogP contribution in [-0.2, 0) is 0 Å².